The Morgan fingerprint density at radius 3 is 2.07 bits per heavy atom. The van der Waals surface area contributed by atoms with Gasteiger partial charge in [0.15, 0.2) is 0 Å². The summed E-state index contributed by atoms with van der Waals surface area (Å²) in [6.45, 7) is 0.964. The number of aromatic nitrogens is 1. The van der Waals surface area contributed by atoms with Gasteiger partial charge in [-0.3, -0.25) is 4.79 Å². The molecule has 0 saturated heterocycles. The summed E-state index contributed by atoms with van der Waals surface area (Å²) in [5.41, 5.74) is 2.29. The second kappa shape index (κ2) is 8.89. The van der Waals surface area contributed by atoms with Crippen molar-refractivity contribution in [1.29, 1.82) is 0 Å². The van der Waals surface area contributed by atoms with Crippen LogP contribution in [-0.2, 0) is 13.0 Å². The third-order valence-electron chi connectivity index (χ3n) is 4.03. The van der Waals surface area contributed by atoms with Crippen LogP contribution in [0.3, 0.4) is 0 Å². The molecule has 0 spiro atoms. The highest BCUT2D eigenvalue weighted by molar-refractivity contribution is 5.94. The summed E-state index contributed by atoms with van der Waals surface area (Å²) < 4.78 is 25.7. The van der Waals surface area contributed by atoms with Crippen LogP contribution in [0.4, 0.5) is 14.6 Å². The number of anilines is 1. The highest BCUT2D eigenvalue weighted by atomic mass is 19.1. The van der Waals surface area contributed by atoms with Crippen LogP contribution in [0.1, 0.15) is 21.5 Å². The summed E-state index contributed by atoms with van der Waals surface area (Å²) in [5.74, 6) is -0.143. The monoisotopic (exact) mass is 367 g/mol. The fraction of sp³-hybridized carbons (Fsp3) is 0.143. The molecule has 2 aromatic carbocycles. The van der Waals surface area contributed by atoms with Gasteiger partial charge in [0.2, 0.25) is 0 Å². The van der Waals surface area contributed by atoms with Crippen LogP contribution in [0.15, 0.2) is 66.9 Å². The minimum Gasteiger partial charge on any atom is -0.370 e. The number of hydrogen-bond acceptors (Lipinski definition) is 3. The van der Waals surface area contributed by atoms with Gasteiger partial charge in [0.25, 0.3) is 5.91 Å². The van der Waals surface area contributed by atoms with Crippen LogP contribution in [0.2, 0.25) is 0 Å². The largest absolute Gasteiger partial charge is 0.370 e. The van der Waals surface area contributed by atoms with Crippen LogP contribution in [0.5, 0.6) is 0 Å². The lowest BCUT2D eigenvalue weighted by Crippen LogP contribution is -2.23. The predicted octanol–water partition coefficient (Wildman–Crippen LogP) is 3.94. The normalized spacial score (nSPS) is 10.4. The van der Waals surface area contributed by atoms with Crippen LogP contribution < -0.4 is 10.6 Å². The molecule has 3 rings (SSSR count). The molecule has 6 heteroatoms. The van der Waals surface area contributed by atoms with E-state index in [0.717, 1.165) is 17.5 Å². The van der Waals surface area contributed by atoms with Gasteiger partial charge in [0.05, 0.1) is 5.56 Å². The molecule has 0 radical (unpaired) electrons. The van der Waals surface area contributed by atoms with Crippen molar-refractivity contribution >= 4 is 11.7 Å². The van der Waals surface area contributed by atoms with E-state index in [9.17, 15) is 13.6 Å². The van der Waals surface area contributed by atoms with Gasteiger partial charge in [-0.05, 0) is 53.9 Å². The average molecular weight is 367 g/mol. The Labute approximate surface area is 156 Å². The minimum atomic E-state index is -0.309. The van der Waals surface area contributed by atoms with Gasteiger partial charge in [-0.25, -0.2) is 13.8 Å². The van der Waals surface area contributed by atoms with Crippen LogP contribution >= 0.6 is 0 Å². The Morgan fingerprint density at radius 2 is 1.48 bits per heavy atom. The van der Waals surface area contributed by atoms with Crippen molar-refractivity contribution in [1.82, 2.24) is 10.3 Å². The van der Waals surface area contributed by atoms with Crippen LogP contribution in [0, 0.1) is 11.6 Å². The lowest BCUT2D eigenvalue weighted by molar-refractivity contribution is 0.0950. The SMILES string of the molecule is O=C(NCc1ccc(F)cc1)c1ccc(NCCc2ccc(F)cc2)nc1. The van der Waals surface area contributed by atoms with Gasteiger partial charge in [0, 0.05) is 19.3 Å². The molecule has 3 aromatic rings. The fourth-order valence-corrected chi connectivity index (χ4v) is 2.51. The first-order valence-electron chi connectivity index (χ1n) is 8.57. The lowest BCUT2D eigenvalue weighted by atomic mass is 10.1. The molecule has 27 heavy (non-hydrogen) atoms. The topological polar surface area (TPSA) is 54.0 Å². The molecule has 1 aromatic heterocycles. The first-order chi connectivity index (χ1) is 13.1. The highest BCUT2D eigenvalue weighted by Gasteiger charge is 2.06. The number of amides is 1. The number of pyridine rings is 1. The van der Waals surface area contributed by atoms with Gasteiger partial charge < -0.3 is 10.6 Å². The van der Waals surface area contributed by atoms with Crippen molar-refractivity contribution in [3.63, 3.8) is 0 Å². The molecule has 0 bridgehead atoms. The first-order valence-corrected chi connectivity index (χ1v) is 8.57. The number of halogens is 2. The Morgan fingerprint density at radius 1 is 0.852 bits per heavy atom. The van der Waals surface area contributed by atoms with Gasteiger partial charge in [-0.1, -0.05) is 24.3 Å². The average Bonchev–Trinajstić information content (AvgIpc) is 2.69. The van der Waals surface area contributed by atoms with Gasteiger partial charge in [-0.15, -0.1) is 0 Å². The second-order valence-corrected chi connectivity index (χ2v) is 6.04. The molecule has 0 aliphatic carbocycles. The maximum absolute atomic E-state index is 12.9. The van der Waals surface area contributed by atoms with Gasteiger partial charge in [0.1, 0.15) is 17.5 Å². The maximum Gasteiger partial charge on any atom is 0.253 e. The standard InChI is InChI=1S/C21H19F2N3O/c22-18-6-1-15(2-7-18)11-12-24-20-10-5-17(14-25-20)21(27)26-13-16-3-8-19(23)9-4-16/h1-10,14H,11-13H2,(H,24,25)(H,26,27). The Balaban J connectivity index is 1.46. The number of carbonyl (C=O) groups is 1. The summed E-state index contributed by atoms with van der Waals surface area (Å²) >= 11 is 0. The lowest BCUT2D eigenvalue weighted by Gasteiger charge is -2.08. The third kappa shape index (κ3) is 5.60. The number of carbonyl (C=O) groups excluding carboxylic acids is 1. The predicted molar refractivity (Wildman–Crippen MR) is 100 cm³/mol. The van der Waals surface area contributed by atoms with Gasteiger partial charge >= 0.3 is 0 Å². The Bertz CT molecular complexity index is 879. The maximum atomic E-state index is 12.9. The molecule has 138 valence electrons. The van der Waals surface area contributed by atoms with Crippen LogP contribution in [0.25, 0.3) is 0 Å². The summed E-state index contributed by atoms with van der Waals surface area (Å²) in [5, 5.41) is 5.94. The summed E-state index contributed by atoms with van der Waals surface area (Å²) in [6.07, 6.45) is 2.24. The zero-order valence-corrected chi connectivity index (χ0v) is 14.6. The van der Waals surface area contributed by atoms with E-state index in [1.807, 2.05) is 0 Å². The fourth-order valence-electron chi connectivity index (χ4n) is 2.51. The number of benzene rings is 2. The van der Waals surface area contributed by atoms with Crippen molar-refractivity contribution in [2.45, 2.75) is 13.0 Å². The molecule has 0 fully saturated rings. The molecule has 1 amide bonds. The molecular weight excluding hydrogens is 348 g/mol. The number of rotatable bonds is 7. The van der Waals surface area contributed by atoms with Crippen molar-refractivity contribution in [2.75, 3.05) is 11.9 Å². The zero-order chi connectivity index (χ0) is 19.1. The van der Waals surface area contributed by atoms with Crippen molar-refractivity contribution < 1.29 is 13.6 Å². The molecule has 0 aliphatic rings. The molecular formula is C21H19F2N3O. The molecule has 0 atom stereocenters. The Hall–Kier alpha value is -3.28. The van der Waals surface area contributed by atoms with E-state index in [1.54, 1.807) is 36.4 Å². The van der Waals surface area contributed by atoms with E-state index in [-0.39, 0.29) is 17.5 Å². The second-order valence-electron chi connectivity index (χ2n) is 6.04. The summed E-state index contributed by atoms with van der Waals surface area (Å²) in [7, 11) is 0. The number of hydrogen-bond donors (Lipinski definition) is 2. The summed E-state index contributed by atoms with van der Waals surface area (Å²) in [4.78, 5) is 16.4. The van der Waals surface area contributed by atoms with E-state index in [0.29, 0.717) is 24.5 Å². The van der Waals surface area contributed by atoms with E-state index >= 15 is 0 Å². The number of nitrogens with zero attached hydrogens (tertiary/aromatic N) is 1. The van der Waals surface area contributed by atoms with E-state index in [4.69, 9.17) is 0 Å². The van der Waals surface area contributed by atoms with Crippen LogP contribution in [-0.4, -0.2) is 17.4 Å². The van der Waals surface area contributed by atoms with Crippen molar-refractivity contribution in [3.8, 4) is 0 Å². The van der Waals surface area contributed by atoms with Gasteiger partial charge in [-0.2, -0.15) is 0 Å². The molecule has 1 heterocycles. The summed E-state index contributed by atoms with van der Waals surface area (Å²) in [6, 6.07) is 15.8. The Kier molecular flexibility index (Phi) is 6.10. The molecule has 0 aliphatic heterocycles. The number of nitrogens with one attached hydrogen (secondary N) is 2. The third-order valence-corrected chi connectivity index (χ3v) is 4.03. The quantitative estimate of drug-likeness (QED) is 0.665. The highest BCUT2D eigenvalue weighted by Crippen LogP contribution is 2.08. The zero-order valence-electron chi connectivity index (χ0n) is 14.6. The first kappa shape index (κ1) is 18.5. The molecule has 0 unspecified atom stereocenters. The molecule has 4 nitrogen and oxygen atoms in total. The smallest absolute Gasteiger partial charge is 0.253 e. The van der Waals surface area contributed by atoms with Crippen molar-refractivity contribution in [2.24, 2.45) is 0 Å². The molecule has 0 saturated carbocycles. The van der Waals surface area contributed by atoms with E-state index in [1.165, 1.54) is 30.5 Å². The molecule has 2 N–H and O–H groups in total. The van der Waals surface area contributed by atoms with E-state index in [2.05, 4.69) is 15.6 Å². The van der Waals surface area contributed by atoms with E-state index < -0.39 is 0 Å². The van der Waals surface area contributed by atoms with Crippen molar-refractivity contribution in [3.05, 3.63) is 95.2 Å². The minimum absolute atomic E-state index is 0.246.